The maximum absolute atomic E-state index is 6.15. The van der Waals surface area contributed by atoms with Crippen molar-refractivity contribution in [3.05, 3.63) is 94.0 Å². The fourth-order valence-electron chi connectivity index (χ4n) is 4.00. The summed E-state index contributed by atoms with van der Waals surface area (Å²) in [5.74, 6) is 1.39. The standard InChI is InChI=1S/C24H25NO/c1-16-17(2)24-22(21(15-26-24)20-12-8-5-9-13-20)18(3)23(16)25-14-19-10-6-4-7-11-19/h4-13,21,25H,14-15H2,1-3H3. The maximum atomic E-state index is 6.15. The van der Waals surface area contributed by atoms with Crippen LogP contribution in [0.25, 0.3) is 0 Å². The Bertz CT molecular complexity index is 916. The average Bonchev–Trinajstić information content (AvgIpc) is 3.13. The fraction of sp³-hybridized carbons (Fsp3) is 0.250. The molecule has 0 spiro atoms. The summed E-state index contributed by atoms with van der Waals surface area (Å²) in [5.41, 5.74) is 9.05. The molecule has 3 aromatic carbocycles. The Morgan fingerprint density at radius 3 is 2.19 bits per heavy atom. The Morgan fingerprint density at radius 1 is 0.846 bits per heavy atom. The third-order valence-corrected chi connectivity index (χ3v) is 5.56. The third kappa shape index (κ3) is 2.86. The zero-order valence-corrected chi connectivity index (χ0v) is 15.7. The van der Waals surface area contributed by atoms with Crippen molar-refractivity contribution in [1.82, 2.24) is 0 Å². The quantitative estimate of drug-likeness (QED) is 0.651. The number of hydrogen-bond acceptors (Lipinski definition) is 2. The molecule has 1 atom stereocenters. The van der Waals surface area contributed by atoms with Gasteiger partial charge in [-0.3, -0.25) is 0 Å². The molecular weight excluding hydrogens is 318 g/mol. The zero-order chi connectivity index (χ0) is 18.1. The Hall–Kier alpha value is -2.74. The van der Waals surface area contributed by atoms with Crippen molar-refractivity contribution in [3.63, 3.8) is 0 Å². The first-order valence-corrected chi connectivity index (χ1v) is 9.26. The topological polar surface area (TPSA) is 21.3 Å². The summed E-state index contributed by atoms with van der Waals surface area (Å²) < 4.78 is 6.15. The van der Waals surface area contributed by atoms with Crippen LogP contribution in [0.4, 0.5) is 5.69 Å². The lowest BCUT2D eigenvalue weighted by Gasteiger charge is -2.20. The van der Waals surface area contributed by atoms with Gasteiger partial charge in [0.15, 0.2) is 0 Å². The van der Waals surface area contributed by atoms with Crippen LogP contribution < -0.4 is 10.1 Å². The predicted octanol–water partition coefficient (Wildman–Crippen LogP) is 5.75. The van der Waals surface area contributed by atoms with Gasteiger partial charge in [-0.25, -0.2) is 0 Å². The molecule has 0 aromatic heterocycles. The van der Waals surface area contributed by atoms with Gasteiger partial charge in [0.25, 0.3) is 0 Å². The summed E-state index contributed by atoms with van der Waals surface area (Å²) in [6.45, 7) is 8.15. The highest BCUT2D eigenvalue weighted by Crippen LogP contribution is 2.46. The number of fused-ring (bicyclic) bond motifs is 1. The highest BCUT2D eigenvalue weighted by molar-refractivity contribution is 5.70. The monoisotopic (exact) mass is 343 g/mol. The van der Waals surface area contributed by atoms with E-state index in [0.29, 0.717) is 5.92 Å². The molecular formula is C24H25NO. The first-order chi connectivity index (χ1) is 12.7. The van der Waals surface area contributed by atoms with Crippen LogP contribution in [0.5, 0.6) is 5.75 Å². The summed E-state index contributed by atoms with van der Waals surface area (Å²) in [4.78, 5) is 0. The van der Waals surface area contributed by atoms with Crippen molar-refractivity contribution in [2.24, 2.45) is 0 Å². The van der Waals surface area contributed by atoms with Crippen LogP contribution in [0.3, 0.4) is 0 Å². The zero-order valence-electron chi connectivity index (χ0n) is 15.7. The molecule has 1 unspecified atom stereocenters. The van der Waals surface area contributed by atoms with E-state index in [1.165, 1.54) is 39.1 Å². The van der Waals surface area contributed by atoms with Gasteiger partial charge in [0, 0.05) is 23.7 Å². The molecule has 0 amide bonds. The number of nitrogens with one attached hydrogen (secondary N) is 1. The molecule has 0 radical (unpaired) electrons. The molecule has 3 aromatic rings. The van der Waals surface area contributed by atoms with Crippen molar-refractivity contribution in [2.45, 2.75) is 33.2 Å². The minimum absolute atomic E-state index is 0.308. The van der Waals surface area contributed by atoms with Crippen LogP contribution in [0.15, 0.2) is 60.7 Å². The van der Waals surface area contributed by atoms with Crippen LogP contribution in [0, 0.1) is 20.8 Å². The highest BCUT2D eigenvalue weighted by atomic mass is 16.5. The van der Waals surface area contributed by atoms with Gasteiger partial charge in [-0.2, -0.15) is 0 Å². The normalized spacial score (nSPS) is 15.4. The summed E-state index contributed by atoms with van der Waals surface area (Å²) in [7, 11) is 0. The number of hydrogen-bond donors (Lipinski definition) is 1. The molecule has 0 bridgehead atoms. The van der Waals surface area contributed by atoms with Crippen molar-refractivity contribution in [2.75, 3.05) is 11.9 Å². The first-order valence-electron chi connectivity index (χ1n) is 9.26. The minimum Gasteiger partial charge on any atom is -0.492 e. The molecule has 132 valence electrons. The first kappa shape index (κ1) is 16.7. The van der Waals surface area contributed by atoms with Gasteiger partial charge in [0.1, 0.15) is 5.75 Å². The smallest absolute Gasteiger partial charge is 0.126 e. The highest BCUT2D eigenvalue weighted by Gasteiger charge is 2.31. The molecule has 0 aliphatic carbocycles. The van der Waals surface area contributed by atoms with E-state index in [1.54, 1.807) is 0 Å². The molecule has 2 nitrogen and oxygen atoms in total. The van der Waals surface area contributed by atoms with Gasteiger partial charge >= 0.3 is 0 Å². The Balaban J connectivity index is 1.74. The molecule has 1 N–H and O–H groups in total. The van der Waals surface area contributed by atoms with E-state index in [-0.39, 0.29) is 0 Å². The van der Waals surface area contributed by atoms with Crippen molar-refractivity contribution >= 4 is 5.69 Å². The van der Waals surface area contributed by atoms with Gasteiger partial charge in [-0.15, -0.1) is 0 Å². The third-order valence-electron chi connectivity index (χ3n) is 5.56. The minimum atomic E-state index is 0.308. The second-order valence-corrected chi connectivity index (χ2v) is 7.11. The molecule has 1 heterocycles. The van der Waals surface area contributed by atoms with Crippen LogP contribution in [-0.2, 0) is 6.54 Å². The molecule has 0 saturated carbocycles. The lowest BCUT2D eigenvalue weighted by Crippen LogP contribution is -2.08. The van der Waals surface area contributed by atoms with Crippen LogP contribution in [0.1, 0.15) is 39.3 Å². The second-order valence-electron chi connectivity index (χ2n) is 7.11. The van der Waals surface area contributed by atoms with Gasteiger partial charge in [-0.05, 0) is 48.6 Å². The predicted molar refractivity (Wildman–Crippen MR) is 108 cm³/mol. The molecule has 1 aliphatic heterocycles. The van der Waals surface area contributed by atoms with E-state index in [9.17, 15) is 0 Å². The molecule has 4 rings (SSSR count). The molecule has 26 heavy (non-hydrogen) atoms. The van der Waals surface area contributed by atoms with Gasteiger partial charge in [-0.1, -0.05) is 60.7 Å². The second kappa shape index (κ2) is 6.87. The number of benzene rings is 3. The summed E-state index contributed by atoms with van der Waals surface area (Å²) in [5, 5.41) is 3.68. The van der Waals surface area contributed by atoms with Gasteiger partial charge < -0.3 is 10.1 Å². The van der Waals surface area contributed by atoms with Crippen molar-refractivity contribution in [1.29, 1.82) is 0 Å². The SMILES string of the molecule is Cc1c(C)c2c(c(C)c1NCc1ccccc1)C(c1ccccc1)CO2. The average molecular weight is 343 g/mol. The summed E-state index contributed by atoms with van der Waals surface area (Å²) in [6.07, 6.45) is 0. The molecule has 0 fully saturated rings. The summed E-state index contributed by atoms with van der Waals surface area (Å²) in [6, 6.07) is 21.2. The van der Waals surface area contributed by atoms with Crippen LogP contribution in [0.2, 0.25) is 0 Å². The van der Waals surface area contributed by atoms with Crippen molar-refractivity contribution in [3.8, 4) is 5.75 Å². The van der Waals surface area contributed by atoms with Crippen molar-refractivity contribution < 1.29 is 4.74 Å². The van der Waals surface area contributed by atoms with E-state index in [1.807, 2.05) is 0 Å². The fourth-order valence-corrected chi connectivity index (χ4v) is 4.00. The summed E-state index contributed by atoms with van der Waals surface area (Å²) >= 11 is 0. The lowest BCUT2D eigenvalue weighted by molar-refractivity contribution is 0.341. The van der Waals surface area contributed by atoms with E-state index < -0.39 is 0 Å². The number of rotatable bonds is 4. The van der Waals surface area contributed by atoms with E-state index >= 15 is 0 Å². The Labute approximate surface area is 155 Å². The van der Waals surface area contributed by atoms with Crippen LogP contribution >= 0.6 is 0 Å². The van der Waals surface area contributed by atoms with E-state index in [2.05, 4.69) is 86.8 Å². The Morgan fingerprint density at radius 2 is 1.50 bits per heavy atom. The molecule has 1 aliphatic rings. The van der Waals surface area contributed by atoms with E-state index in [4.69, 9.17) is 4.74 Å². The van der Waals surface area contributed by atoms with Crippen LogP contribution in [-0.4, -0.2) is 6.61 Å². The Kier molecular flexibility index (Phi) is 4.42. The largest absolute Gasteiger partial charge is 0.492 e. The number of anilines is 1. The molecule has 0 saturated heterocycles. The number of ether oxygens (including phenoxy) is 1. The molecule has 2 heteroatoms. The van der Waals surface area contributed by atoms with Gasteiger partial charge in [0.2, 0.25) is 0 Å². The maximum Gasteiger partial charge on any atom is 0.126 e. The lowest BCUT2D eigenvalue weighted by atomic mass is 9.86. The van der Waals surface area contributed by atoms with E-state index in [0.717, 1.165) is 18.9 Å². The van der Waals surface area contributed by atoms with Gasteiger partial charge in [0.05, 0.1) is 6.61 Å².